The van der Waals surface area contributed by atoms with Crippen molar-refractivity contribution in [3.63, 3.8) is 0 Å². The second-order valence-corrected chi connectivity index (χ2v) is 3.69. The van der Waals surface area contributed by atoms with Gasteiger partial charge in [0.05, 0.1) is 13.7 Å². The highest BCUT2D eigenvalue weighted by Gasteiger charge is 2.20. The fourth-order valence-corrected chi connectivity index (χ4v) is 1.30. The molecule has 0 radical (unpaired) electrons. The minimum atomic E-state index is -0.466. The first kappa shape index (κ1) is 10.2. The standard InChI is InChI=1S/C10H14N2O3/c1-14-10(13)8-6-15-9(12-8)5-11-4-7-2-3-7/h6-7,11H,2-5H2,1H3. The van der Waals surface area contributed by atoms with E-state index < -0.39 is 5.97 Å². The van der Waals surface area contributed by atoms with Crippen LogP contribution in [0.2, 0.25) is 0 Å². The Balaban J connectivity index is 1.80. The van der Waals surface area contributed by atoms with Crippen molar-refractivity contribution >= 4 is 5.97 Å². The van der Waals surface area contributed by atoms with Crippen LogP contribution in [0, 0.1) is 5.92 Å². The minimum Gasteiger partial charge on any atom is -0.464 e. The summed E-state index contributed by atoms with van der Waals surface area (Å²) in [5.41, 5.74) is 0.223. The summed E-state index contributed by atoms with van der Waals surface area (Å²) in [6.45, 7) is 1.56. The molecule has 15 heavy (non-hydrogen) atoms. The summed E-state index contributed by atoms with van der Waals surface area (Å²) >= 11 is 0. The van der Waals surface area contributed by atoms with Crippen LogP contribution in [0.1, 0.15) is 29.2 Å². The third-order valence-corrected chi connectivity index (χ3v) is 2.35. The number of methoxy groups -OCH3 is 1. The first-order valence-corrected chi connectivity index (χ1v) is 5.03. The van der Waals surface area contributed by atoms with Gasteiger partial charge in [-0.2, -0.15) is 0 Å². The molecule has 1 fully saturated rings. The Morgan fingerprint density at radius 2 is 2.53 bits per heavy atom. The number of aromatic nitrogens is 1. The van der Waals surface area contributed by atoms with Gasteiger partial charge in [0.15, 0.2) is 5.69 Å². The van der Waals surface area contributed by atoms with E-state index in [0.29, 0.717) is 12.4 Å². The summed E-state index contributed by atoms with van der Waals surface area (Å²) in [7, 11) is 1.32. The third-order valence-electron chi connectivity index (χ3n) is 2.35. The normalized spacial score (nSPS) is 15.3. The van der Waals surface area contributed by atoms with Gasteiger partial charge in [0.2, 0.25) is 5.89 Å². The summed E-state index contributed by atoms with van der Waals surface area (Å²) in [5.74, 6) is 0.878. The number of hydrogen-bond acceptors (Lipinski definition) is 5. The molecule has 1 aromatic heterocycles. The van der Waals surface area contributed by atoms with Crippen LogP contribution in [0.4, 0.5) is 0 Å². The van der Waals surface area contributed by atoms with Crippen LogP contribution in [0.3, 0.4) is 0 Å². The quantitative estimate of drug-likeness (QED) is 0.733. The fraction of sp³-hybridized carbons (Fsp3) is 0.600. The minimum absolute atomic E-state index is 0.223. The van der Waals surface area contributed by atoms with Crippen molar-refractivity contribution < 1.29 is 13.9 Å². The summed E-state index contributed by atoms with van der Waals surface area (Å²) in [4.78, 5) is 15.0. The van der Waals surface area contributed by atoms with Crippen molar-refractivity contribution in [1.82, 2.24) is 10.3 Å². The molecule has 1 N–H and O–H groups in total. The SMILES string of the molecule is COC(=O)c1coc(CNCC2CC2)n1. The maximum Gasteiger partial charge on any atom is 0.360 e. The van der Waals surface area contributed by atoms with E-state index in [9.17, 15) is 4.79 Å². The smallest absolute Gasteiger partial charge is 0.360 e. The van der Waals surface area contributed by atoms with E-state index in [1.807, 2.05) is 0 Å². The second-order valence-electron chi connectivity index (χ2n) is 3.69. The van der Waals surface area contributed by atoms with Gasteiger partial charge >= 0.3 is 5.97 Å². The van der Waals surface area contributed by atoms with Crippen LogP contribution in [-0.2, 0) is 11.3 Å². The molecule has 82 valence electrons. The number of oxazole rings is 1. The van der Waals surface area contributed by atoms with Crippen LogP contribution in [0.25, 0.3) is 0 Å². The third kappa shape index (κ3) is 2.79. The van der Waals surface area contributed by atoms with E-state index in [1.54, 1.807) is 0 Å². The van der Waals surface area contributed by atoms with Gasteiger partial charge in [-0.3, -0.25) is 0 Å². The molecule has 1 heterocycles. The highest BCUT2D eigenvalue weighted by molar-refractivity contribution is 5.86. The molecule has 0 atom stereocenters. The Hall–Kier alpha value is -1.36. The number of esters is 1. The molecule has 2 rings (SSSR count). The van der Waals surface area contributed by atoms with E-state index in [4.69, 9.17) is 4.42 Å². The Morgan fingerprint density at radius 3 is 3.20 bits per heavy atom. The lowest BCUT2D eigenvalue weighted by Gasteiger charge is -1.98. The maximum absolute atomic E-state index is 11.1. The van der Waals surface area contributed by atoms with E-state index in [1.165, 1.54) is 26.2 Å². The number of rotatable bonds is 5. The van der Waals surface area contributed by atoms with Crippen molar-refractivity contribution in [3.05, 3.63) is 17.8 Å². The van der Waals surface area contributed by atoms with Crippen LogP contribution >= 0.6 is 0 Å². The van der Waals surface area contributed by atoms with E-state index in [-0.39, 0.29) is 5.69 Å². The van der Waals surface area contributed by atoms with E-state index in [2.05, 4.69) is 15.0 Å². The number of ether oxygens (including phenoxy) is 1. The zero-order valence-corrected chi connectivity index (χ0v) is 8.66. The van der Waals surface area contributed by atoms with Gasteiger partial charge in [0.1, 0.15) is 6.26 Å². The summed E-state index contributed by atoms with van der Waals surface area (Å²) in [6, 6.07) is 0. The van der Waals surface area contributed by atoms with Crippen LogP contribution in [0.5, 0.6) is 0 Å². The van der Waals surface area contributed by atoms with Gasteiger partial charge in [-0.05, 0) is 25.3 Å². The first-order valence-electron chi connectivity index (χ1n) is 5.03. The first-order chi connectivity index (χ1) is 7.29. The summed E-state index contributed by atoms with van der Waals surface area (Å²) in [5, 5.41) is 3.23. The fourth-order valence-electron chi connectivity index (χ4n) is 1.30. The monoisotopic (exact) mass is 210 g/mol. The van der Waals surface area contributed by atoms with E-state index in [0.717, 1.165) is 12.5 Å². The molecule has 0 amide bonds. The molecule has 5 nitrogen and oxygen atoms in total. The molecule has 0 aromatic carbocycles. The number of nitrogens with zero attached hydrogens (tertiary/aromatic N) is 1. The van der Waals surface area contributed by atoms with Gasteiger partial charge in [-0.1, -0.05) is 0 Å². The molecule has 1 aliphatic carbocycles. The molecule has 1 saturated carbocycles. The zero-order chi connectivity index (χ0) is 10.7. The van der Waals surface area contributed by atoms with Gasteiger partial charge in [0.25, 0.3) is 0 Å². The Morgan fingerprint density at radius 1 is 1.73 bits per heavy atom. The van der Waals surface area contributed by atoms with Gasteiger partial charge < -0.3 is 14.5 Å². The Kier molecular flexibility index (Phi) is 3.01. The largest absolute Gasteiger partial charge is 0.464 e. The molecule has 5 heteroatoms. The maximum atomic E-state index is 11.1. The number of carbonyl (C=O) groups is 1. The Bertz CT molecular complexity index is 344. The number of carbonyl (C=O) groups excluding carboxylic acids is 1. The van der Waals surface area contributed by atoms with Gasteiger partial charge in [0, 0.05) is 0 Å². The topological polar surface area (TPSA) is 64.4 Å². The lowest BCUT2D eigenvalue weighted by atomic mass is 10.4. The van der Waals surface area contributed by atoms with Crippen LogP contribution in [-0.4, -0.2) is 24.6 Å². The highest BCUT2D eigenvalue weighted by atomic mass is 16.5. The molecule has 0 unspecified atom stereocenters. The molecular formula is C10H14N2O3. The number of nitrogens with one attached hydrogen (secondary N) is 1. The van der Waals surface area contributed by atoms with Crippen molar-refractivity contribution in [1.29, 1.82) is 0 Å². The van der Waals surface area contributed by atoms with Crippen molar-refractivity contribution in [2.45, 2.75) is 19.4 Å². The van der Waals surface area contributed by atoms with Gasteiger partial charge in [-0.25, -0.2) is 9.78 Å². The molecule has 0 bridgehead atoms. The molecule has 0 saturated heterocycles. The van der Waals surface area contributed by atoms with E-state index >= 15 is 0 Å². The Labute approximate surface area is 87.8 Å². The average molecular weight is 210 g/mol. The predicted molar refractivity (Wildman–Crippen MR) is 52.3 cm³/mol. The van der Waals surface area contributed by atoms with Crippen LogP contribution in [0.15, 0.2) is 10.7 Å². The average Bonchev–Trinajstić information content (AvgIpc) is 2.94. The summed E-state index contributed by atoms with van der Waals surface area (Å²) in [6.07, 6.45) is 3.94. The van der Waals surface area contributed by atoms with Gasteiger partial charge in [-0.15, -0.1) is 0 Å². The molecule has 1 aromatic rings. The highest BCUT2D eigenvalue weighted by Crippen LogP contribution is 2.27. The van der Waals surface area contributed by atoms with Crippen molar-refractivity contribution in [2.75, 3.05) is 13.7 Å². The van der Waals surface area contributed by atoms with Crippen LogP contribution < -0.4 is 5.32 Å². The lowest BCUT2D eigenvalue weighted by molar-refractivity contribution is 0.0594. The molecule has 0 aliphatic heterocycles. The molecule has 0 spiro atoms. The lowest BCUT2D eigenvalue weighted by Crippen LogP contribution is -2.16. The molecular weight excluding hydrogens is 196 g/mol. The predicted octanol–water partition coefficient (Wildman–Crippen LogP) is 0.961. The number of hydrogen-bond donors (Lipinski definition) is 1. The zero-order valence-electron chi connectivity index (χ0n) is 8.66. The van der Waals surface area contributed by atoms with Crippen molar-refractivity contribution in [3.8, 4) is 0 Å². The molecule has 1 aliphatic rings. The second kappa shape index (κ2) is 4.44. The van der Waals surface area contributed by atoms with Crippen molar-refractivity contribution in [2.24, 2.45) is 5.92 Å². The summed E-state index contributed by atoms with van der Waals surface area (Å²) < 4.78 is 9.64.